The standard InChI is InChI=1S/C15H21FN2O/c1-3-18(4-2)10-11-19-15-12-13(6-5-9-17)7-8-14(15)16/h7-8,12H,3-4,9-11,17H2,1-2H3. The van der Waals surface area contributed by atoms with Crippen molar-refractivity contribution in [3.63, 3.8) is 0 Å². The number of likely N-dealkylation sites (N-methyl/N-ethyl adjacent to an activating group) is 1. The molecule has 0 fully saturated rings. The van der Waals surface area contributed by atoms with Crippen LogP contribution in [0.3, 0.4) is 0 Å². The Hall–Kier alpha value is -1.57. The van der Waals surface area contributed by atoms with E-state index in [0.717, 1.165) is 19.6 Å². The van der Waals surface area contributed by atoms with Gasteiger partial charge in [0, 0.05) is 12.1 Å². The summed E-state index contributed by atoms with van der Waals surface area (Å²) in [4.78, 5) is 2.22. The summed E-state index contributed by atoms with van der Waals surface area (Å²) in [5.41, 5.74) is 6.02. The predicted molar refractivity (Wildman–Crippen MR) is 75.6 cm³/mol. The smallest absolute Gasteiger partial charge is 0.165 e. The van der Waals surface area contributed by atoms with Crippen LogP contribution in [0.2, 0.25) is 0 Å². The Kier molecular flexibility index (Phi) is 6.94. The highest BCUT2D eigenvalue weighted by atomic mass is 19.1. The Labute approximate surface area is 114 Å². The molecule has 0 spiro atoms. The van der Waals surface area contributed by atoms with Gasteiger partial charge in [-0.2, -0.15) is 0 Å². The van der Waals surface area contributed by atoms with Crippen molar-refractivity contribution in [3.8, 4) is 17.6 Å². The van der Waals surface area contributed by atoms with Crippen molar-refractivity contribution in [3.05, 3.63) is 29.6 Å². The summed E-state index contributed by atoms with van der Waals surface area (Å²) in [5, 5.41) is 0. The molecule has 2 N–H and O–H groups in total. The van der Waals surface area contributed by atoms with Crippen molar-refractivity contribution in [2.24, 2.45) is 5.73 Å². The van der Waals surface area contributed by atoms with E-state index in [1.807, 2.05) is 0 Å². The summed E-state index contributed by atoms with van der Waals surface area (Å²) in [5.74, 6) is 5.48. The third-order valence-corrected chi connectivity index (χ3v) is 2.83. The molecule has 0 heterocycles. The van der Waals surface area contributed by atoms with Crippen LogP contribution in [0, 0.1) is 17.7 Å². The molecule has 0 aliphatic heterocycles. The summed E-state index contributed by atoms with van der Waals surface area (Å²) in [6.07, 6.45) is 0. The summed E-state index contributed by atoms with van der Waals surface area (Å²) in [7, 11) is 0. The highest BCUT2D eigenvalue weighted by molar-refractivity contribution is 5.40. The van der Waals surface area contributed by atoms with E-state index in [1.165, 1.54) is 6.07 Å². The van der Waals surface area contributed by atoms with Gasteiger partial charge in [-0.1, -0.05) is 25.7 Å². The summed E-state index contributed by atoms with van der Waals surface area (Å²) >= 11 is 0. The van der Waals surface area contributed by atoms with Gasteiger partial charge in [0.2, 0.25) is 0 Å². The third kappa shape index (κ3) is 5.29. The molecule has 0 saturated carbocycles. The number of benzene rings is 1. The van der Waals surface area contributed by atoms with Crippen molar-refractivity contribution in [2.45, 2.75) is 13.8 Å². The molecular formula is C15H21FN2O. The summed E-state index contributed by atoms with van der Waals surface area (Å²) in [6, 6.07) is 4.60. The molecule has 0 saturated heterocycles. The quantitative estimate of drug-likeness (QED) is 0.797. The van der Waals surface area contributed by atoms with Gasteiger partial charge in [0.25, 0.3) is 0 Å². The number of ether oxygens (including phenoxy) is 1. The van der Waals surface area contributed by atoms with E-state index in [1.54, 1.807) is 12.1 Å². The van der Waals surface area contributed by atoms with Gasteiger partial charge in [0.1, 0.15) is 6.61 Å². The number of nitrogens with two attached hydrogens (primary N) is 1. The van der Waals surface area contributed by atoms with E-state index < -0.39 is 0 Å². The number of nitrogens with zero attached hydrogens (tertiary/aromatic N) is 1. The summed E-state index contributed by atoms with van der Waals surface area (Å²) in [6.45, 7) is 7.64. The Balaban J connectivity index is 2.61. The normalized spacial score (nSPS) is 10.2. The highest BCUT2D eigenvalue weighted by Gasteiger charge is 2.05. The second-order valence-corrected chi connectivity index (χ2v) is 4.03. The molecule has 0 aromatic heterocycles. The van der Waals surface area contributed by atoms with Crippen molar-refractivity contribution < 1.29 is 9.13 Å². The molecular weight excluding hydrogens is 243 g/mol. The van der Waals surface area contributed by atoms with Crippen LogP contribution in [0.4, 0.5) is 4.39 Å². The molecule has 0 bridgehead atoms. The van der Waals surface area contributed by atoms with Gasteiger partial charge in [-0.25, -0.2) is 4.39 Å². The first-order valence-electron chi connectivity index (χ1n) is 6.54. The average molecular weight is 264 g/mol. The van der Waals surface area contributed by atoms with E-state index >= 15 is 0 Å². The molecule has 4 heteroatoms. The number of halogens is 1. The van der Waals surface area contributed by atoms with Crippen molar-refractivity contribution >= 4 is 0 Å². The lowest BCUT2D eigenvalue weighted by molar-refractivity contribution is 0.217. The Bertz CT molecular complexity index is 447. The van der Waals surface area contributed by atoms with Gasteiger partial charge in [-0.3, -0.25) is 0 Å². The molecule has 1 aromatic rings. The molecule has 19 heavy (non-hydrogen) atoms. The van der Waals surface area contributed by atoms with E-state index in [2.05, 4.69) is 30.6 Å². The first-order chi connectivity index (χ1) is 9.21. The molecule has 0 radical (unpaired) electrons. The minimum atomic E-state index is -0.363. The maximum absolute atomic E-state index is 13.6. The van der Waals surface area contributed by atoms with Gasteiger partial charge in [0.05, 0.1) is 6.54 Å². The SMILES string of the molecule is CCN(CC)CCOc1cc(C#CCN)ccc1F. The zero-order valence-corrected chi connectivity index (χ0v) is 11.6. The van der Waals surface area contributed by atoms with Crippen LogP contribution in [0.15, 0.2) is 18.2 Å². The maximum atomic E-state index is 13.6. The van der Waals surface area contributed by atoms with Crippen LogP contribution in [-0.4, -0.2) is 37.7 Å². The second kappa shape index (κ2) is 8.52. The monoisotopic (exact) mass is 264 g/mol. The fourth-order valence-corrected chi connectivity index (χ4v) is 1.67. The fourth-order valence-electron chi connectivity index (χ4n) is 1.67. The molecule has 0 unspecified atom stereocenters. The minimum Gasteiger partial charge on any atom is -0.489 e. The zero-order valence-electron chi connectivity index (χ0n) is 11.6. The van der Waals surface area contributed by atoms with Crippen molar-refractivity contribution in [1.82, 2.24) is 4.90 Å². The van der Waals surface area contributed by atoms with Crippen LogP contribution in [0.1, 0.15) is 19.4 Å². The molecule has 0 amide bonds. The lowest BCUT2D eigenvalue weighted by Gasteiger charge is -2.18. The van der Waals surface area contributed by atoms with Gasteiger partial charge < -0.3 is 15.4 Å². The molecule has 1 aromatic carbocycles. The van der Waals surface area contributed by atoms with Crippen LogP contribution in [0.5, 0.6) is 5.75 Å². The van der Waals surface area contributed by atoms with Crippen LogP contribution < -0.4 is 10.5 Å². The lowest BCUT2D eigenvalue weighted by Crippen LogP contribution is -2.28. The highest BCUT2D eigenvalue weighted by Crippen LogP contribution is 2.18. The Morgan fingerprint density at radius 1 is 1.32 bits per heavy atom. The predicted octanol–water partition coefficient (Wildman–Crippen LogP) is 1.86. The summed E-state index contributed by atoms with van der Waals surface area (Å²) < 4.78 is 19.0. The number of rotatable bonds is 6. The minimum absolute atomic E-state index is 0.246. The fraction of sp³-hybridized carbons (Fsp3) is 0.467. The molecule has 1 rings (SSSR count). The third-order valence-electron chi connectivity index (χ3n) is 2.83. The zero-order chi connectivity index (χ0) is 14.1. The largest absolute Gasteiger partial charge is 0.489 e. The van der Waals surface area contributed by atoms with Gasteiger partial charge in [0.15, 0.2) is 11.6 Å². The van der Waals surface area contributed by atoms with Gasteiger partial charge in [-0.05, 0) is 31.3 Å². The number of hydrogen-bond donors (Lipinski definition) is 1. The molecule has 104 valence electrons. The van der Waals surface area contributed by atoms with E-state index in [0.29, 0.717) is 12.2 Å². The Morgan fingerprint density at radius 3 is 2.68 bits per heavy atom. The molecule has 0 aliphatic carbocycles. The Morgan fingerprint density at radius 2 is 2.05 bits per heavy atom. The molecule has 0 atom stereocenters. The second-order valence-electron chi connectivity index (χ2n) is 4.03. The van der Waals surface area contributed by atoms with Crippen molar-refractivity contribution in [1.29, 1.82) is 0 Å². The lowest BCUT2D eigenvalue weighted by atomic mass is 10.2. The van der Waals surface area contributed by atoms with E-state index in [4.69, 9.17) is 10.5 Å². The van der Waals surface area contributed by atoms with Crippen LogP contribution >= 0.6 is 0 Å². The first-order valence-corrected chi connectivity index (χ1v) is 6.54. The van der Waals surface area contributed by atoms with Crippen molar-refractivity contribution in [2.75, 3.05) is 32.8 Å². The number of hydrogen-bond acceptors (Lipinski definition) is 3. The van der Waals surface area contributed by atoms with Gasteiger partial charge in [-0.15, -0.1) is 0 Å². The van der Waals surface area contributed by atoms with E-state index in [-0.39, 0.29) is 18.1 Å². The van der Waals surface area contributed by atoms with Crippen LogP contribution in [0.25, 0.3) is 0 Å². The van der Waals surface area contributed by atoms with Gasteiger partial charge >= 0.3 is 0 Å². The topological polar surface area (TPSA) is 38.5 Å². The molecule has 0 aliphatic rings. The van der Waals surface area contributed by atoms with E-state index in [9.17, 15) is 4.39 Å². The first kappa shape index (κ1) is 15.5. The molecule has 3 nitrogen and oxygen atoms in total. The average Bonchev–Trinajstić information content (AvgIpc) is 2.44. The van der Waals surface area contributed by atoms with Crippen LogP contribution in [-0.2, 0) is 0 Å². The maximum Gasteiger partial charge on any atom is 0.165 e.